The molecule has 3 aromatic rings. The summed E-state index contributed by atoms with van der Waals surface area (Å²) in [6.45, 7) is 4.18. The fourth-order valence-corrected chi connectivity index (χ4v) is 5.54. The van der Waals surface area contributed by atoms with Gasteiger partial charge in [-0.25, -0.2) is 4.39 Å². The molecule has 0 radical (unpaired) electrons. The van der Waals surface area contributed by atoms with Gasteiger partial charge in [0.25, 0.3) is 5.56 Å². The van der Waals surface area contributed by atoms with E-state index in [1.165, 1.54) is 12.3 Å². The molecule has 0 spiro atoms. The van der Waals surface area contributed by atoms with Crippen molar-refractivity contribution in [2.45, 2.75) is 31.5 Å². The zero-order valence-corrected chi connectivity index (χ0v) is 21.8. The van der Waals surface area contributed by atoms with Gasteiger partial charge >= 0.3 is 0 Å². The average molecular weight is 554 g/mol. The van der Waals surface area contributed by atoms with Crippen molar-refractivity contribution in [3.8, 4) is 11.5 Å². The Kier molecular flexibility index (Phi) is 8.55. The number of hydrogen-bond acceptors (Lipinski definition) is 8. The third kappa shape index (κ3) is 5.39. The number of halogens is 3. The Balaban J connectivity index is 0.00000160. The highest BCUT2D eigenvalue weighted by molar-refractivity contribution is 5.85. The van der Waals surface area contributed by atoms with Crippen molar-refractivity contribution in [2.75, 3.05) is 39.4 Å². The normalized spacial score (nSPS) is 22.4. The van der Waals surface area contributed by atoms with Gasteiger partial charge in [-0.05, 0) is 18.9 Å². The van der Waals surface area contributed by atoms with Gasteiger partial charge in [0.15, 0.2) is 11.5 Å². The molecule has 0 aromatic carbocycles. The molecule has 3 aromatic heterocycles. The fraction of sp³-hybridized carbons (Fsp3) is 0.480. The quantitative estimate of drug-likeness (QED) is 0.478. The number of fused-ring (bicyclic) bond motifs is 1. The van der Waals surface area contributed by atoms with E-state index in [1.54, 1.807) is 16.8 Å². The number of aromatic nitrogens is 3. The Morgan fingerprint density at radius 3 is 2.76 bits per heavy atom. The maximum absolute atomic E-state index is 14.4. The van der Waals surface area contributed by atoms with Gasteiger partial charge in [-0.3, -0.25) is 19.7 Å². The molecule has 12 heteroatoms. The molecule has 2 N–H and O–H groups in total. The van der Waals surface area contributed by atoms with E-state index in [1.807, 2.05) is 6.07 Å². The molecule has 0 bridgehead atoms. The Morgan fingerprint density at radius 2 is 1.92 bits per heavy atom. The van der Waals surface area contributed by atoms with Gasteiger partial charge in [0.1, 0.15) is 19.0 Å². The van der Waals surface area contributed by atoms with Gasteiger partial charge < -0.3 is 24.5 Å². The van der Waals surface area contributed by atoms with Gasteiger partial charge in [-0.2, -0.15) is 0 Å². The van der Waals surface area contributed by atoms with E-state index in [0.717, 1.165) is 12.2 Å². The van der Waals surface area contributed by atoms with Crippen molar-refractivity contribution in [1.82, 2.24) is 24.8 Å². The summed E-state index contributed by atoms with van der Waals surface area (Å²) in [5.41, 5.74) is 2.54. The highest BCUT2D eigenvalue weighted by atomic mass is 35.5. The Morgan fingerprint density at radius 1 is 1.11 bits per heavy atom. The summed E-state index contributed by atoms with van der Waals surface area (Å²) in [5.74, 6) is 1.09. The molecule has 3 aliphatic rings. The Hall–Kier alpha value is -2.50. The van der Waals surface area contributed by atoms with Crippen molar-refractivity contribution >= 4 is 35.8 Å². The first-order chi connectivity index (χ1) is 17.1. The molecule has 9 nitrogen and oxygen atoms in total. The standard InChI is InChI=1S/C25H28FN5O4.2ClH/c26-19-10-29-20-3-4-24(33)31-17(1-2-18(19)25(20)31)13-30-12-15(21(32)14-30)8-27-9-16-7-22-23(11-28-16)35-6-5-34-22;;/h3-4,7,10-11,15,17,21,27,32H,1-2,5-6,8-9,12-14H2;2*1H/t15-,17+,21+;;/m0../s1. The number of nitrogens with zero attached hydrogens (tertiary/aromatic N) is 4. The number of pyridine rings is 3. The molecule has 0 unspecified atom stereocenters. The first kappa shape index (κ1) is 27.5. The third-order valence-corrected chi connectivity index (χ3v) is 7.24. The number of ether oxygens (including phenoxy) is 2. The molecule has 0 aliphatic carbocycles. The van der Waals surface area contributed by atoms with E-state index in [0.29, 0.717) is 80.3 Å². The van der Waals surface area contributed by atoms with Gasteiger partial charge in [0.2, 0.25) is 0 Å². The number of aliphatic hydroxyl groups excluding tert-OH is 1. The largest absolute Gasteiger partial charge is 0.486 e. The minimum Gasteiger partial charge on any atom is -0.486 e. The number of rotatable bonds is 6. The Labute approximate surface area is 225 Å². The topological polar surface area (TPSA) is 102 Å². The monoisotopic (exact) mass is 553 g/mol. The number of aryl methyl sites for hydroxylation is 1. The van der Waals surface area contributed by atoms with Crippen molar-refractivity contribution < 1.29 is 19.0 Å². The van der Waals surface area contributed by atoms with Crippen LogP contribution in [0.15, 0.2) is 35.4 Å². The van der Waals surface area contributed by atoms with Gasteiger partial charge in [-0.1, -0.05) is 0 Å². The first-order valence-electron chi connectivity index (χ1n) is 12.1. The number of aliphatic hydroxyl groups is 1. The number of β-amino-alcohol motifs (C(OH)–C–C–N with tert-alkyl or cyclic N) is 1. The molecule has 200 valence electrons. The van der Waals surface area contributed by atoms with Crippen LogP contribution in [0, 0.1) is 11.7 Å². The molecule has 3 atom stereocenters. The minimum absolute atomic E-state index is 0. The SMILES string of the molecule is Cl.Cl.O=c1ccc2ncc(F)c3c2n1[C@@H](CN1C[C@H](CNCc2cc4c(cn2)OCCO4)[C@H](O)C1)CC3. The molecule has 3 aliphatic heterocycles. The maximum Gasteiger partial charge on any atom is 0.251 e. The lowest BCUT2D eigenvalue weighted by Gasteiger charge is -2.31. The summed E-state index contributed by atoms with van der Waals surface area (Å²) in [7, 11) is 0. The summed E-state index contributed by atoms with van der Waals surface area (Å²) in [6, 6.07) is 4.98. The van der Waals surface area contributed by atoms with Crippen LogP contribution in [-0.2, 0) is 13.0 Å². The lowest BCUT2D eigenvalue weighted by Crippen LogP contribution is -2.37. The molecule has 6 heterocycles. The third-order valence-electron chi connectivity index (χ3n) is 7.24. The average Bonchev–Trinajstić information content (AvgIpc) is 3.21. The van der Waals surface area contributed by atoms with E-state index in [-0.39, 0.29) is 48.2 Å². The smallest absolute Gasteiger partial charge is 0.251 e. The molecule has 37 heavy (non-hydrogen) atoms. The maximum atomic E-state index is 14.4. The Bertz CT molecular complexity index is 1330. The van der Waals surface area contributed by atoms with Crippen LogP contribution in [0.25, 0.3) is 11.0 Å². The summed E-state index contributed by atoms with van der Waals surface area (Å²) < 4.78 is 27.2. The van der Waals surface area contributed by atoms with Crippen LogP contribution in [0.4, 0.5) is 4.39 Å². The summed E-state index contributed by atoms with van der Waals surface area (Å²) in [5, 5.41) is 14.1. The minimum atomic E-state index is -0.460. The van der Waals surface area contributed by atoms with Crippen LogP contribution in [0.1, 0.15) is 23.7 Å². The van der Waals surface area contributed by atoms with E-state index in [4.69, 9.17) is 9.47 Å². The van der Waals surface area contributed by atoms with Crippen LogP contribution >= 0.6 is 24.8 Å². The molecule has 1 saturated heterocycles. The highest BCUT2D eigenvalue weighted by Crippen LogP contribution is 2.32. The summed E-state index contributed by atoms with van der Waals surface area (Å²) in [4.78, 5) is 23.5. The summed E-state index contributed by atoms with van der Waals surface area (Å²) >= 11 is 0. The van der Waals surface area contributed by atoms with Gasteiger partial charge in [0, 0.05) is 56.3 Å². The van der Waals surface area contributed by atoms with Crippen molar-refractivity contribution in [3.05, 3.63) is 58.0 Å². The van der Waals surface area contributed by atoms with Crippen LogP contribution in [-0.4, -0.2) is 70.0 Å². The second kappa shape index (κ2) is 11.5. The second-order valence-electron chi connectivity index (χ2n) is 9.55. The van der Waals surface area contributed by atoms with E-state index in [2.05, 4.69) is 20.2 Å². The fourth-order valence-electron chi connectivity index (χ4n) is 5.54. The van der Waals surface area contributed by atoms with Crippen LogP contribution in [0.5, 0.6) is 11.5 Å². The zero-order valence-electron chi connectivity index (χ0n) is 20.1. The van der Waals surface area contributed by atoms with Crippen molar-refractivity contribution in [3.63, 3.8) is 0 Å². The zero-order chi connectivity index (χ0) is 23.9. The van der Waals surface area contributed by atoms with Crippen LogP contribution in [0.3, 0.4) is 0 Å². The lowest BCUT2D eigenvalue weighted by molar-refractivity contribution is 0.138. The van der Waals surface area contributed by atoms with Gasteiger partial charge in [0.05, 0.1) is 41.3 Å². The van der Waals surface area contributed by atoms with E-state index >= 15 is 0 Å². The molecular formula is C25H30Cl2FN5O4. The van der Waals surface area contributed by atoms with Crippen LogP contribution < -0.4 is 20.3 Å². The van der Waals surface area contributed by atoms with Crippen molar-refractivity contribution in [1.29, 1.82) is 0 Å². The predicted molar refractivity (Wildman–Crippen MR) is 141 cm³/mol. The van der Waals surface area contributed by atoms with Crippen molar-refractivity contribution in [2.24, 2.45) is 5.92 Å². The molecule has 1 fully saturated rings. The molecule has 0 saturated carbocycles. The lowest BCUT2D eigenvalue weighted by atomic mass is 9.97. The summed E-state index contributed by atoms with van der Waals surface area (Å²) in [6.07, 6.45) is 3.71. The highest BCUT2D eigenvalue weighted by Gasteiger charge is 2.34. The predicted octanol–water partition coefficient (Wildman–Crippen LogP) is 2.12. The molecule has 6 rings (SSSR count). The first-order valence-corrected chi connectivity index (χ1v) is 12.1. The molecular weight excluding hydrogens is 524 g/mol. The molecule has 0 amide bonds. The number of likely N-dealkylation sites (tertiary alicyclic amines) is 1. The van der Waals surface area contributed by atoms with E-state index < -0.39 is 6.10 Å². The van der Waals surface area contributed by atoms with Gasteiger partial charge in [-0.15, -0.1) is 24.8 Å². The van der Waals surface area contributed by atoms with Crippen LogP contribution in [0.2, 0.25) is 0 Å². The number of hydrogen-bond donors (Lipinski definition) is 2. The van der Waals surface area contributed by atoms with E-state index in [9.17, 15) is 14.3 Å². The number of nitrogens with one attached hydrogen (secondary N) is 1. The second-order valence-corrected chi connectivity index (χ2v) is 9.55.